The van der Waals surface area contributed by atoms with Crippen LogP contribution in [0.4, 0.5) is 5.82 Å². The number of aryl methyl sites for hydroxylation is 2. The Morgan fingerprint density at radius 1 is 1.23 bits per heavy atom. The molecule has 1 amide bonds. The standard InChI is InChI=1S/C21H19N5O4/c1-12-9-18(26(25-12)21-22-15-4-2-3-14(15)20(28)24-21)23-19(27)8-6-13-5-7-16-17(10-13)30-11-29-16/h5-10H,2-4,11H2,1H3,(H,23,27)(H,22,24,28)/b8-6+. The van der Waals surface area contributed by atoms with Gasteiger partial charge in [-0.3, -0.25) is 14.6 Å². The molecule has 3 aromatic rings. The number of benzene rings is 1. The summed E-state index contributed by atoms with van der Waals surface area (Å²) >= 11 is 0. The Bertz CT molecular complexity index is 1240. The summed E-state index contributed by atoms with van der Waals surface area (Å²) in [7, 11) is 0. The molecule has 5 rings (SSSR count). The summed E-state index contributed by atoms with van der Waals surface area (Å²) in [5, 5.41) is 7.17. The highest BCUT2D eigenvalue weighted by Gasteiger charge is 2.20. The van der Waals surface area contributed by atoms with E-state index in [1.54, 1.807) is 31.2 Å². The van der Waals surface area contributed by atoms with Crippen molar-refractivity contribution in [2.24, 2.45) is 0 Å². The normalized spacial score (nSPS) is 14.3. The van der Waals surface area contributed by atoms with Crippen molar-refractivity contribution in [3.63, 3.8) is 0 Å². The van der Waals surface area contributed by atoms with Crippen molar-refractivity contribution in [2.45, 2.75) is 26.2 Å². The monoisotopic (exact) mass is 405 g/mol. The highest BCUT2D eigenvalue weighted by Crippen LogP contribution is 2.32. The molecule has 0 saturated heterocycles. The molecule has 1 aliphatic carbocycles. The maximum Gasteiger partial charge on any atom is 0.255 e. The first-order valence-electron chi connectivity index (χ1n) is 9.65. The number of nitrogens with zero attached hydrogens (tertiary/aromatic N) is 3. The lowest BCUT2D eigenvalue weighted by atomic mass is 10.2. The van der Waals surface area contributed by atoms with Crippen molar-refractivity contribution in [1.29, 1.82) is 0 Å². The molecule has 0 bridgehead atoms. The number of amides is 1. The number of anilines is 1. The van der Waals surface area contributed by atoms with Crippen LogP contribution in [0, 0.1) is 6.92 Å². The van der Waals surface area contributed by atoms with Crippen molar-refractivity contribution in [1.82, 2.24) is 19.7 Å². The number of ether oxygens (including phenoxy) is 2. The SMILES string of the molecule is Cc1cc(NC(=O)/C=C/c2ccc3c(c2)OCO3)n(-c2nc3c(c(=O)[nH]2)CCC3)n1. The molecule has 0 saturated carbocycles. The predicted octanol–water partition coefficient (Wildman–Crippen LogP) is 2.13. The fourth-order valence-electron chi connectivity index (χ4n) is 3.64. The third-order valence-corrected chi connectivity index (χ3v) is 5.04. The molecule has 2 aromatic heterocycles. The van der Waals surface area contributed by atoms with E-state index in [1.165, 1.54) is 10.8 Å². The van der Waals surface area contributed by atoms with Gasteiger partial charge in [-0.2, -0.15) is 9.78 Å². The zero-order valence-electron chi connectivity index (χ0n) is 16.3. The van der Waals surface area contributed by atoms with Crippen LogP contribution in [0.15, 0.2) is 35.1 Å². The minimum absolute atomic E-state index is 0.152. The first-order valence-corrected chi connectivity index (χ1v) is 9.65. The predicted molar refractivity (Wildman–Crippen MR) is 109 cm³/mol. The summed E-state index contributed by atoms with van der Waals surface area (Å²) in [6.07, 6.45) is 5.53. The summed E-state index contributed by atoms with van der Waals surface area (Å²) < 4.78 is 12.1. The molecule has 3 heterocycles. The molecule has 30 heavy (non-hydrogen) atoms. The number of nitrogens with one attached hydrogen (secondary N) is 2. The Kier molecular flexibility index (Phi) is 4.35. The van der Waals surface area contributed by atoms with Crippen LogP contribution in [0.5, 0.6) is 11.5 Å². The zero-order chi connectivity index (χ0) is 20.7. The van der Waals surface area contributed by atoms with Gasteiger partial charge in [0.05, 0.1) is 11.4 Å². The molecule has 0 atom stereocenters. The maximum atomic E-state index is 12.5. The number of H-pyrrole nitrogens is 1. The van der Waals surface area contributed by atoms with Crippen molar-refractivity contribution >= 4 is 17.8 Å². The number of aromatic amines is 1. The summed E-state index contributed by atoms with van der Waals surface area (Å²) in [4.78, 5) is 32.1. The van der Waals surface area contributed by atoms with Crippen LogP contribution in [-0.4, -0.2) is 32.4 Å². The smallest absolute Gasteiger partial charge is 0.255 e. The molecule has 0 spiro atoms. The molecule has 2 aliphatic rings. The van der Waals surface area contributed by atoms with Crippen LogP contribution < -0.4 is 20.3 Å². The number of hydrogen-bond donors (Lipinski definition) is 2. The number of fused-ring (bicyclic) bond motifs is 2. The summed E-state index contributed by atoms with van der Waals surface area (Å²) in [6, 6.07) is 7.17. The van der Waals surface area contributed by atoms with Crippen LogP contribution in [0.1, 0.15) is 28.9 Å². The summed E-state index contributed by atoms with van der Waals surface area (Å²) in [6.45, 7) is 2.01. The topological polar surface area (TPSA) is 111 Å². The molecule has 152 valence electrons. The van der Waals surface area contributed by atoms with Crippen LogP contribution in [0.3, 0.4) is 0 Å². The lowest BCUT2D eigenvalue weighted by Crippen LogP contribution is -2.20. The van der Waals surface area contributed by atoms with Gasteiger partial charge in [0, 0.05) is 17.7 Å². The minimum Gasteiger partial charge on any atom is -0.454 e. The Labute approximate surface area is 171 Å². The van der Waals surface area contributed by atoms with Gasteiger partial charge in [0.15, 0.2) is 11.5 Å². The third-order valence-electron chi connectivity index (χ3n) is 5.04. The van der Waals surface area contributed by atoms with Gasteiger partial charge in [0.2, 0.25) is 18.6 Å². The molecule has 0 fully saturated rings. The van der Waals surface area contributed by atoms with Crippen molar-refractivity contribution < 1.29 is 14.3 Å². The molecular weight excluding hydrogens is 386 g/mol. The van der Waals surface area contributed by atoms with Gasteiger partial charge >= 0.3 is 0 Å². The van der Waals surface area contributed by atoms with Crippen LogP contribution in [-0.2, 0) is 17.6 Å². The van der Waals surface area contributed by atoms with E-state index in [9.17, 15) is 9.59 Å². The van der Waals surface area contributed by atoms with E-state index in [4.69, 9.17) is 9.47 Å². The molecule has 1 aromatic carbocycles. The third kappa shape index (κ3) is 3.34. The Morgan fingerprint density at radius 2 is 2.10 bits per heavy atom. The second-order valence-electron chi connectivity index (χ2n) is 7.19. The van der Waals surface area contributed by atoms with Crippen LogP contribution in [0.2, 0.25) is 0 Å². The number of hydrogen-bond acceptors (Lipinski definition) is 6. The Morgan fingerprint density at radius 3 is 3.00 bits per heavy atom. The lowest BCUT2D eigenvalue weighted by Gasteiger charge is -2.08. The Balaban J connectivity index is 1.38. The molecule has 9 heteroatoms. The average molecular weight is 405 g/mol. The molecule has 1 aliphatic heterocycles. The molecular formula is C21H19N5O4. The van der Waals surface area contributed by atoms with Gasteiger partial charge in [-0.05, 0) is 50.0 Å². The van der Waals surface area contributed by atoms with Gasteiger partial charge in [-0.25, -0.2) is 4.98 Å². The first-order chi connectivity index (χ1) is 14.6. The van der Waals surface area contributed by atoms with Gasteiger partial charge in [0.1, 0.15) is 5.82 Å². The van der Waals surface area contributed by atoms with E-state index in [2.05, 4.69) is 20.4 Å². The van der Waals surface area contributed by atoms with E-state index >= 15 is 0 Å². The number of rotatable bonds is 4. The van der Waals surface area contributed by atoms with E-state index in [-0.39, 0.29) is 18.3 Å². The zero-order valence-corrected chi connectivity index (χ0v) is 16.3. The van der Waals surface area contributed by atoms with Crippen LogP contribution >= 0.6 is 0 Å². The number of carbonyl (C=O) groups is 1. The highest BCUT2D eigenvalue weighted by molar-refractivity contribution is 6.01. The van der Waals surface area contributed by atoms with E-state index in [1.807, 2.05) is 6.07 Å². The summed E-state index contributed by atoms with van der Waals surface area (Å²) in [5.74, 6) is 1.72. The van der Waals surface area contributed by atoms with Crippen molar-refractivity contribution in [3.05, 3.63) is 63.2 Å². The average Bonchev–Trinajstić information content (AvgIpc) is 3.45. The van der Waals surface area contributed by atoms with Gasteiger partial charge in [-0.1, -0.05) is 6.07 Å². The van der Waals surface area contributed by atoms with Gasteiger partial charge in [0.25, 0.3) is 5.56 Å². The van der Waals surface area contributed by atoms with Gasteiger partial charge in [-0.15, -0.1) is 0 Å². The maximum absolute atomic E-state index is 12.5. The van der Waals surface area contributed by atoms with Crippen molar-refractivity contribution in [2.75, 3.05) is 12.1 Å². The van der Waals surface area contributed by atoms with Gasteiger partial charge < -0.3 is 14.8 Å². The van der Waals surface area contributed by atoms with E-state index in [0.29, 0.717) is 29.0 Å². The molecule has 2 N–H and O–H groups in total. The fourth-order valence-corrected chi connectivity index (χ4v) is 3.64. The molecule has 0 radical (unpaired) electrons. The lowest BCUT2D eigenvalue weighted by molar-refractivity contribution is -0.111. The second kappa shape index (κ2) is 7.18. The first kappa shape index (κ1) is 18.2. The molecule has 0 unspecified atom stereocenters. The van der Waals surface area contributed by atoms with E-state index < -0.39 is 0 Å². The second-order valence-corrected chi connectivity index (χ2v) is 7.19. The minimum atomic E-state index is -0.336. The largest absolute Gasteiger partial charge is 0.454 e. The summed E-state index contributed by atoms with van der Waals surface area (Å²) in [5.41, 5.74) is 2.87. The number of carbonyl (C=O) groups excluding carboxylic acids is 1. The highest BCUT2D eigenvalue weighted by atomic mass is 16.7. The quantitative estimate of drug-likeness (QED) is 0.644. The fraction of sp³-hybridized carbons (Fsp3) is 0.238. The van der Waals surface area contributed by atoms with Crippen LogP contribution in [0.25, 0.3) is 12.0 Å². The van der Waals surface area contributed by atoms with Crippen molar-refractivity contribution in [3.8, 4) is 17.4 Å². The Hall–Kier alpha value is -3.88. The number of aromatic nitrogens is 4. The molecule has 9 nitrogen and oxygen atoms in total. The van der Waals surface area contributed by atoms with E-state index in [0.717, 1.165) is 36.1 Å².